The van der Waals surface area contributed by atoms with E-state index in [2.05, 4.69) is 15.8 Å². The first-order chi connectivity index (χ1) is 14.5. The van der Waals surface area contributed by atoms with Crippen molar-refractivity contribution in [3.05, 3.63) is 95.1 Å². The maximum Gasteiger partial charge on any atom is 0.271 e. The van der Waals surface area contributed by atoms with Crippen molar-refractivity contribution in [1.82, 2.24) is 5.43 Å². The molecule has 0 bridgehead atoms. The number of ether oxygens (including phenoxy) is 1. The molecule has 0 unspecified atom stereocenters. The fourth-order valence-corrected chi connectivity index (χ4v) is 2.79. The van der Waals surface area contributed by atoms with Gasteiger partial charge < -0.3 is 10.1 Å². The number of rotatable bonds is 6. The fraction of sp³-hybridized carbons (Fsp3) is 0.125. The third-order valence-corrected chi connectivity index (χ3v) is 4.52. The molecule has 0 heterocycles. The van der Waals surface area contributed by atoms with Crippen molar-refractivity contribution >= 4 is 23.2 Å². The Hall–Kier alpha value is -3.93. The smallest absolute Gasteiger partial charge is 0.271 e. The van der Waals surface area contributed by atoms with Crippen LogP contribution < -0.4 is 15.5 Å². The first kappa shape index (κ1) is 20.8. The van der Waals surface area contributed by atoms with Gasteiger partial charge in [-0.1, -0.05) is 17.7 Å². The highest BCUT2D eigenvalue weighted by molar-refractivity contribution is 6.05. The molecule has 0 aliphatic rings. The number of nitrogens with one attached hydrogen (secondary N) is 2. The van der Waals surface area contributed by atoms with Gasteiger partial charge in [-0.15, -0.1) is 0 Å². The number of aryl methyl sites for hydroxylation is 1. The predicted octanol–water partition coefficient (Wildman–Crippen LogP) is 4.41. The second kappa shape index (κ2) is 9.52. The normalized spacial score (nSPS) is 11.0. The summed E-state index contributed by atoms with van der Waals surface area (Å²) in [6, 6.07) is 21.4. The zero-order valence-corrected chi connectivity index (χ0v) is 17.1. The summed E-state index contributed by atoms with van der Waals surface area (Å²) in [6.45, 7) is 3.75. The summed E-state index contributed by atoms with van der Waals surface area (Å²) in [5.74, 6) is 0.222. The Labute approximate surface area is 175 Å². The zero-order chi connectivity index (χ0) is 21.5. The lowest BCUT2D eigenvalue weighted by Crippen LogP contribution is -2.19. The zero-order valence-electron chi connectivity index (χ0n) is 17.1. The molecule has 3 aromatic carbocycles. The van der Waals surface area contributed by atoms with Gasteiger partial charge in [-0.25, -0.2) is 5.43 Å². The van der Waals surface area contributed by atoms with Crippen LogP contribution in [0.2, 0.25) is 0 Å². The van der Waals surface area contributed by atoms with Crippen molar-refractivity contribution in [2.24, 2.45) is 5.10 Å². The summed E-state index contributed by atoms with van der Waals surface area (Å²) in [5, 5.41) is 6.98. The van der Waals surface area contributed by atoms with Crippen LogP contribution in [0.25, 0.3) is 0 Å². The number of carbonyl (C=O) groups excluding carboxylic acids is 2. The highest BCUT2D eigenvalue weighted by Crippen LogP contribution is 2.14. The van der Waals surface area contributed by atoms with Gasteiger partial charge in [0.1, 0.15) is 5.75 Å². The lowest BCUT2D eigenvalue weighted by molar-refractivity contribution is 0.0954. The number of benzene rings is 3. The summed E-state index contributed by atoms with van der Waals surface area (Å²) >= 11 is 0. The van der Waals surface area contributed by atoms with Crippen LogP contribution in [0.1, 0.15) is 38.8 Å². The van der Waals surface area contributed by atoms with Crippen LogP contribution in [-0.2, 0) is 0 Å². The van der Waals surface area contributed by atoms with Gasteiger partial charge in [0.25, 0.3) is 11.8 Å². The summed E-state index contributed by atoms with van der Waals surface area (Å²) in [6.07, 6.45) is 0. The standard InChI is InChI=1S/C24H23N3O3/c1-16-5-4-6-20(15-16)23(28)25-21-11-7-19(8-12-21)24(29)27-26-17(2)18-9-13-22(30-3)14-10-18/h4-15H,1-3H3,(H,25,28)(H,27,29)/b26-17+. The minimum absolute atomic E-state index is 0.199. The summed E-state index contributed by atoms with van der Waals surface area (Å²) < 4.78 is 5.13. The Morgan fingerprint density at radius 2 is 1.50 bits per heavy atom. The topological polar surface area (TPSA) is 79.8 Å². The number of nitrogens with zero attached hydrogens (tertiary/aromatic N) is 1. The quantitative estimate of drug-likeness (QED) is 0.474. The summed E-state index contributed by atoms with van der Waals surface area (Å²) in [7, 11) is 1.61. The maximum absolute atomic E-state index is 12.3. The summed E-state index contributed by atoms with van der Waals surface area (Å²) in [4.78, 5) is 24.7. The first-order valence-electron chi connectivity index (χ1n) is 9.43. The lowest BCUT2D eigenvalue weighted by Gasteiger charge is -2.07. The highest BCUT2D eigenvalue weighted by Gasteiger charge is 2.08. The molecule has 0 saturated heterocycles. The van der Waals surface area contributed by atoms with E-state index in [1.165, 1.54) is 0 Å². The van der Waals surface area contributed by atoms with E-state index in [1.54, 1.807) is 37.4 Å². The molecule has 0 atom stereocenters. The van der Waals surface area contributed by atoms with Gasteiger partial charge in [0.05, 0.1) is 12.8 Å². The first-order valence-corrected chi connectivity index (χ1v) is 9.43. The van der Waals surface area contributed by atoms with Crippen LogP contribution in [0.15, 0.2) is 77.9 Å². The van der Waals surface area contributed by atoms with Gasteiger partial charge in [-0.3, -0.25) is 9.59 Å². The molecule has 2 amide bonds. The molecular formula is C24H23N3O3. The van der Waals surface area contributed by atoms with E-state index in [0.29, 0.717) is 22.5 Å². The maximum atomic E-state index is 12.3. The molecule has 30 heavy (non-hydrogen) atoms. The average molecular weight is 401 g/mol. The van der Waals surface area contributed by atoms with E-state index in [4.69, 9.17) is 4.74 Å². The number of amides is 2. The molecular weight excluding hydrogens is 378 g/mol. The minimum atomic E-state index is -0.334. The second-order valence-corrected chi connectivity index (χ2v) is 6.77. The monoisotopic (exact) mass is 401 g/mol. The molecule has 0 radical (unpaired) electrons. The molecule has 0 aliphatic heterocycles. The van der Waals surface area contributed by atoms with Crippen molar-refractivity contribution in [3.63, 3.8) is 0 Å². The molecule has 0 spiro atoms. The molecule has 2 N–H and O–H groups in total. The van der Waals surface area contributed by atoms with E-state index in [0.717, 1.165) is 16.9 Å². The molecule has 3 aromatic rings. The molecule has 0 saturated carbocycles. The van der Waals surface area contributed by atoms with Gasteiger partial charge in [-0.2, -0.15) is 5.10 Å². The number of hydrogen-bond acceptors (Lipinski definition) is 4. The molecule has 6 nitrogen and oxygen atoms in total. The molecule has 0 aromatic heterocycles. The van der Waals surface area contributed by atoms with Crippen LogP contribution in [0, 0.1) is 6.92 Å². The van der Waals surface area contributed by atoms with Crippen LogP contribution in [0.4, 0.5) is 5.69 Å². The average Bonchev–Trinajstić information content (AvgIpc) is 2.77. The van der Waals surface area contributed by atoms with E-state index < -0.39 is 0 Å². The molecule has 0 aliphatic carbocycles. The van der Waals surface area contributed by atoms with E-state index >= 15 is 0 Å². The van der Waals surface area contributed by atoms with E-state index in [1.807, 2.05) is 56.3 Å². The third-order valence-electron chi connectivity index (χ3n) is 4.52. The SMILES string of the molecule is COc1ccc(/C(C)=N/NC(=O)c2ccc(NC(=O)c3cccc(C)c3)cc2)cc1. The number of hydrazone groups is 1. The lowest BCUT2D eigenvalue weighted by atomic mass is 10.1. The third kappa shape index (κ3) is 5.32. The van der Waals surface area contributed by atoms with Crippen molar-refractivity contribution in [1.29, 1.82) is 0 Å². The van der Waals surface area contributed by atoms with Crippen molar-refractivity contribution in [2.45, 2.75) is 13.8 Å². The number of methoxy groups -OCH3 is 1. The Morgan fingerprint density at radius 1 is 0.833 bits per heavy atom. The Balaban J connectivity index is 1.61. The Kier molecular flexibility index (Phi) is 6.60. The minimum Gasteiger partial charge on any atom is -0.497 e. The second-order valence-electron chi connectivity index (χ2n) is 6.77. The Morgan fingerprint density at radius 3 is 2.13 bits per heavy atom. The van der Waals surface area contributed by atoms with E-state index in [-0.39, 0.29) is 11.8 Å². The highest BCUT2D eigenvalue weighted by atomic mass is 16.5. The van der Waals surface area contributed by atoms with Gasteiger partial charge in [0.15, 0.2) is 0 Å². The number of carbonyl (C=O) groups is 2. The molecule has 152 valence electrons. The molecule has 0 fully saturated rings. The van der Waals surface area contributed by atoms with Crippen molar-refractivity contribution in [2.75, 3.05) is 12.4 Å². The number of hydrogen-bond donors (Lipinski definition) is 2. The predicted molar refractivity (Wildman–Crippen MR) is 118 cm³/mol. The van der Waals surface area contributed by atoms with Crippen molar-refractivity contribution < 1.29 is 14.3 Å². The van der Waals surface area contributed by atoms with Gasteiger partial charge >= 0.3 is 0 Å². The fourth-order valence-electron chi connectivity index (χ4n) is 2.79. The van der Waals surface area contributed by atoms with Crippen molar-refractivity contribution in [3.8, 4) is 5.75 Å². The van der Waals surface area contributed by atoms with E-state index in [9.17, 15) is 9.59 Å². The number of anilines is 1. The van der Waals surface area contributed by atoms with Crippen LogP contribution >= 0.6 is 0 Å². The van der Waals surface area contributed by atoms with Crippen LogP contribution in [0.5, 0.6) is 5.75 Å². The van der Waals surface area contributed by atoms with Crippen LogP contribution in [0.3, 0.4) is 0 Å². The van der Waals surface area contributed by atoms with Gasteiger partial charge in [0.2, 0.25) is 0 Å². The van der Waals surface area contributed by atoms with Gasteiger partial charge in [-0.05, 0) is 80.1 Å². The Bertz CT molecular complexity index is 1070. The largest absolute Gasteiger partial charge is 0.497 e. The van der Waals surface area contributed by atoms with Gasteiger partial charge in [0, 0.05) is 16.8 Å². The molecule has 3 rings (SSSR count). The van der Waals surface area contributed by atoms with Crippen LogP contribution in [-0.4, -0.2) is 24.6 Å². The summed E-state index contributed by atoms with van der Waals surface area (Å²) in [5.41, 5.74) is 6.75. The molecule has 6 heteroatoms.